The standard InChI is InChI=1S/C13H11BrN2O/c1-9-6-12(15-17-9)8-16-5-4-10-2-3-11(14)7-13(10)16/h2-7H,8H2,1H3. The molecule has 0 N–H and O–H groups in total. The number of halogens is 1. The van der Waals surface area contributed by atoms with Crippen molar-refractivity contribution >= 4 is 26.8 Å². The van der Waals surface area contributed by atoms with E-state index >= 15 is 0 Å². The van der Waals surface area contributed by atoms with Crippen molar-refractivity contribution in [1.29, 1.82) is 0 Å². The highest BCUT2D eigenvalue weighted by Crippen LogP contribution is 2.21. The number of benzene rings is 1. The predicted molar refractivity (Wildman–Crippen MR) is 70.0 cm³/mol. The van der Waals surface area contributed by atoms with Crippen molar-refractivity contribution in [2.45, 2.75) is 13.5 Å². The van der Waals surface area contributed by atoms with Crippen LogP contribution in [-0.4, -0.2) is 9.72 Å². The molecule has 0 atom stereocenters. The van der Waals surface area contributed by atoms with E-state index in [4.69, 9.17) is 4.52 Å². The van der Waals surface area contributed by atoms with Gasteiger partial charge in [-0.25, -0.2) is 0 Å². The molecule has 4 heteroatoms. The van der Waals surface area contributed by atoms with Crippen molar-refractivity contribution in [1.82, 2.24) is 9.72 Å². The third-order valence-electron chi connectivity index (χ3n) is 2.75. The molecular formula is C13H11BrN2O. The van der Waals surface area contributed by atoms with Crippen molar-refractivity contribution in [3.8, 4) is 0 Å². The normalized spacial score (nSPS) is 11.2. The zero-order valence-electron chi connectivity index (χ0n) is 9.35. The quantitative estimate of drug-likeness (QED) is 0.720. The van der Waals surface area contributed by atoms with Gasteiger partial charge in [-0.15, -0.1) is 0 Å². The molecule has 2 heterocycles. The Kier molecular flexibility index (Phi) is 2.52. The number of hydrogen-bond acceptors (Lipinski definition) is 2. The second kappa shape index (κ2) is 4.04. The van der Waals surface area contributed by atoms with Gasteiger partial charge in [-0.1, -0.05) is 27.2 Å². The Morgan fingerprint density at radius 3 is 2.94 bits per heavy atom. The minimum Gasteiger partial charge on any atom is -0.361 e. The Balaban J connectivity index is 2.03. The maximum atomic E-state index is 5.08. The molecule has 0 aliphatic carbocycles. The molecule has 0 spiro atoms. The minimum absolute atomic E-state index is 0.733. The Morgan fingerprint density at radius 2 is 2.18 bits per heavy atom. The molecular weight excluding hydrogens is 280 g/mol. The van der Waals surface area contributed by atoms with Crippen LogP contribution in [0.5, 0.6) is 0 Å². The zero-order valence-corrected chi connectivity index (χ0v) is 10.9. The summed E-state index contributed by atoms with van der Waals surface area (Å²) in [4.78, 5) is 0. The van der Waals surface area contributed by atoms with Crippen LogP contribution in [-0.2, 0) is 6.54 Å². The Labute approximate surface area is 107 Å². The molecule has 2 aromatic heterocycles. The third kappa shape index (κ3) is 2.00. The minimum atomic E-state index is 0.733. The molecule has 17 heavy (non-hydrogen) atoms. The molecule has 0 amide bonds. The van der Waals surface area contributed by atoms with E-state index in [0.717, 1.165) is 22.5 Å². The number of nitrogens with zero attached hydrogens (tertiary/aromatic N) is 2. The maximum Gasteiger partial charge on any atom is 0.133 e. The van der Waals surface area contributed by atoms with E-state index < -0.39 is 0 Å². The van der Waals surface area contributed by atoms with E-state index in [9.17, 15) is 0 Å². The zero-order chi connectivity index (χ0) is 11.8. The molecule has 3 aromatic rings. The lowest BCUT2D eigenvalue weighted by Crippen LogP contribution is -1.97. The molecule has 0 saturated carbocycles. The molecule has 1 aromatic carbocycles. The second-order valence-electron chi connectivity index (χ2n) is 4.08. The number of rotatable bonds is 2. The van der Waals surface area contributed by atoms with Crippen LogP contribution in [0.2, 0.25) is 0 Å². The first-order chi connectivity index (χ1) is 8.22. The number of aromatic nitrogens is 2. The van der Waals surface area contributed by atoms with E-state index in [-0.39, 0.29) is 0 Å². The van der Waals surface area contributed by atoms with Gasteiger partial charge in [0.15, 0.2) is 0 Å². The summed E-state index contributed by atoms with van der Waals surface area (Å²) >= 11 is 3.49. The summed E-state index contributed by atoms with van der Waals surface area (Å²) in [6.07, 6.45) is 2.07. The van der Waals surface area contributed by atoms with Gasteiger partial charge in [0.25, 0.3) is 0 Å². The molecule has 3 rings (SSSR count). The first-order valence-corrected chi connectivity index (χ1v) is 6.18. The lowest BCUT2D eigenvalue weighted by atomic mass is 10.2. The molecule has 0 unspecified atom stereocenters. The van der Waals surface area contributed by atoms with Crippen LogP contribution >= 0.6 is 15.9 Å². The van der Waals surface area contributed by atoms with Crippen LogP contribution in [0, 0.1) is 6.92 Å². The highest BCUT2D eigenvalue weighted by molar-refractivity contribution is 9.10. The topological polar surface area (TPSA) is 31.0 Å². The molecule has 0 saturated heterocycles. The molecule has 0 aliphatic rings. The molecule has 0 fully saturated rings. The number of aryl methyl sites for hydroxylation is 1. The van der Waals surface area contributed by atoms with Crippen LogP contribution in [0.4, 0.5) is 0 Å². The van der Waals surface area contributed by atoms with Crippen LogP contribution in [0.25, 0.3) is 10.9 Å². The second-order valence-corrected chi connectivity index (χ2v) is 4.99. The molecule has 3 nitrogen and oxygen atoms in total. The van der Waals surface area contributed by atoms with Gasteiger partial charge in [-0.3, -0.25) is 0 Å². The van der Waals surface area contributed by atoms with Crippen molar-refractivity contribution in [2.24, 2.45) is 0 Å². The Hall–Kier alpha value is -1.55. The van der Waals surface area contributed by atoms with Gasteiger partial charge in [0.1, 0.15) is 11.5 Å². The highest BCUT2D eigenvalue weighted by Gasteiger charge is 2.05. The van der Waals surface area contributed by atoms with Crippen LogP contribution in [0.1, 0.15) is 11.5 Å². The van der Waals surface area contributed by atoms with Crippen molar-refractivity contribution in [3.63, 3.8) is 0 Å². The Bertz CT molecular complexity index is 669. The number of fused-ring (bicyclic) bond motifs is 1. The number of hydrogen-bond donors (Lipinski definition) is 0. The third-order valence-corrected chi connectivity index (χ3v) is 3.24. The maximum absolute atomic E-state index is 5.08. The van der Waals surface area contributed by atoms with Crippen molar-refractivity contribution in [3.05, 3.63) is 52.5 Å². The average Bonchev–Trinajstić information content (AvgIpc) is 2.87. The van der Waals surface area contributed by atoms with Gasteiger partial charge < -0.3 is 9.09 Å². The Morgan fingerprint density at radius 1 is 1.29 bits per heavy atom. The van der Waals surface area contributed by atoms with Crippen LogP contribution in [0.15, 0.2) is 45.5 Å². The first-order valence-electron chi connectivity index (χ1n) is 5.39. The predicted octanol–water partition coefficient (Wildman–Crippen LogP) is 3.75. The van der Waals surface area contributed by atoms with Gasteiger partial charge >= 0.3 is 0 Å². The highest BCUT2D eigenvalue weighted by atomic mass is 79.9. The van der Waals surface area contributed by atoms with Crippen LogP contribution < -0.4 is 0 Å². The summed E-state index contributed by atoms with van der Waals surface area (Å²) in [5.41, 5.74) is 2.14. The largest absolute Gasteiger partial charge is 0.361 e. The van der Waals surface area contributed by atoms with Gasteiger partial charge in [-0.05, 0) is 30.5 Å². The van der Waals surface area contributed by atoms with Crippen molar-refractivity contribution < 1.29 is 4.52 Å². The van der Waals surface area contributed by atoms with E-state index in [1.807, 2.05) is 19.1 Å². The fraction of sp³-hybridized carbons (Fsp3) is 0.154. The van der Waals surface area contributed by atoms with Crippen molar-refractivity contribution in [2.75, 3.05) is 0 Å². The van der Waals surface area contributed by atoms with Crippen LogP contribution in [0.3, 0.4) is 0 Å². The van der Waals surface area contributed by atoms with E-state index in [0.29, 0.717) is 0 Å². The van der Waals surface area contributed by atoms with Gasteiger partial charge in [-0.2, -0.15) is 0 Å². The first kappa shape index (κ1) is 10.6. The lowest BCUT2D eigenvalue weighted by molar-refractivity contribution is 0.389. The van der Waals surface area contributed by atoms with Gasteiger partial charge in [0, 0.05) is 22.3 Å². The monoisotopic (exact) mass is 290 g/mol. The van der Waals surface area contributed by atoms with E-state index in [1.54, 1.807) is 0 Å². The van der Waals surface area contributed by atoms with E-state index in [2.05, 4.69) is 50.0 Å². The van der Waals surface area contributed by atoms with Gasteiger partial charge in [0.05, 0.1) is 6.54 Å². The molecule has 0 radical (unpaired) electrons. The lowest BCUT2D eigenvalue weighted by Gasteiger charge is -2.02. The van der Waals surface area contributed by atoms with E-state index in [1.165, 1.54) is 10.9 Å². The summed E-state index contributed by atoms with van der Waals surface area (Å²) in [5.74, 6) is 0.845. The fourth-order valence-corrected chi connectivity index (χ4v) is 2.31. The molecule has 0 bridgehead atoms. The SMILES string of the molecule is Cc1cc(Cn2ccc3ccc(Br)cc32)no1. The molecule has 0 aliphatic heterocycles. The van der Waals surface area contributed by atoms with Gasteiger partial charge in [0.2, 0.25) is 0 Å². The smallest absolute Gasteiger partial charge is 0.133 e. The average molecular weight is 291 g/mol. The summed E-state index contributed by atoms with van der Waals surface area (Å²) in [6.45, 7) is 2.64. The summed E-state index contributed by atoms with van der Waals surface area (Å²) < 4.78 is 8.33. The molecule has 86 valence electrons. The fourth-order valence-electron chi connectivity index (χ4n) is 1.96. The summed E-state index contributed by atoms with van der Waals surface area (Å²) in [7, 11) is 0. The summed E-state index contributed by atoms with van der Waals surface area (Å²) in [6, 6.07) is 10.3. The summed E-state index contributed by atoms with van der Waals surface area (Å²) in [5, 5.41) is 5.24.